The lowest BCUT2D eigenvalue weighted by Crippen LogP contribution is -2.27. The zero-order valence-corrected chi connectivity index (χ0v) is 7.24. The molecule has 0 spiro atoms. The lowest BCUT2D eigenvalue weighted by Gasteiger charge is -2.26. The zero-order valence-electron chi connectivity index (χ0n) is 7.24. The Morgan fingerprint density at radius 3 is 3.00 bits per heavy atom. The molecule has 70 valence electrons. The van der Waals surface area contributed by atoms with Crippen LogP contribution in [0.1, 0.15) is 38.5 Å². The second-order valence-corrected chi connectivity index (χ2v) is 3.24. The Morgan fingerprint density at radius 2 is 2.33 bits per heavy atom. The first kappa shape index (κ1) is 9.68. The van der Waals surface area contributed by atoms with Crippen molar-refractivity contribution in [1.29, 1.82) is 0 Å². The lowest BCUT2D eigenvalue weighted by molar-refractivity contribution is -0.164. The molecule has 0 aromatic heterocycles. The van der Waals surface area contributed by atoms with Crippen LogP contribution in [0, 0.1) is 0 Å². The molecule has 1 aliphatic heterocycles. The molecule has 1 heterocycles. The summed E-state index contributed by atoms with van der Waals surface area (Å²) in [6.07, 6.45) is 5.73. The van der Waals surface area contributed by atoms with Gasteiger partial charge in [-0.05, 0) is 32.1 Å². The molecule has 3 heteroatoms. The monoisotopic (exact) mass is 172 g/mol. The normalized spacial score (nSPS) is 30.1. The zero-order chi connectivity index (χ0) is 8.81. The molecule has 0 amide bonds. The summed E-state index contributed by atoms with van der Waals surface area (Å²) < 4.78 is 5.27. The first-order chi connectivity index (χ1) is 5.83. The minimum absolute atomic E-state index is 0.175. The average molecular weight is 172 g/mol. The van der Waals surface area contributed by atoms with E-state index in [4.69, 9.17) is 9.84 Å². The molecule has 0 bridgehead atoms. The Hall–Kier alpha value is -0.410. The molecule has 0 aromatic rings. The standard InChI is InChI=1S/C9H16O3/c10-7-2-1-4-8-5-3-6-9(11)12-8/h7-9,11H,1-6H2. The van der Waals surface area contributed by atoms with Gasteiger partial charge in [0, 0.05) is 6.42 Å². The van der Waals surface area contributed by atoms with Crippen LogP contribution in [0.15, 0.2) is 0 Å². The highest BCUT2D eigenvalue weighted by Crippen LogP contribution is 2.20. The van der Waals surface area contributed by atoms with Crippen molar-refractivity contribution >= 4 is 6.29 Å². The van der Waals surface area contributed by atoms with Crippen LogP contribution in [0.5, 0.6) is 0 Å². The maximum absolute atomic E-state index is 10.0. The number of aliphatic hydroxyl groups is 1. The second-order valence-electron chi connectivity index (χ2n) is 3.24. The summed E-state index contributed by atoms with van der Waals surface area (Å²) in [5, 5.41) is 9.14. The van der Waals surface area contributed by atoms with E-state index < -0.39 is 6.29 Å². The van der Waals surface area contributed by atoms with Crippen LogP contribution in [0.25, 0.3) is 0 Å². The van der Waals surface area contributed by atoms with Crippen molar-refractivity contribution in [1.82, 2.24) is 0 Å². The number of aliphatic hydroxyl groups excluding tert-OH is 1. The smallest absolute Gasteiger partial charge is 0.154 e. The van der Waals surface area contributed by atoms with Crippen LogP contribution >= 0.6 is 0 Å². The minimum atomic E-state index is -0.569. The largest absolute Gasteiger partial charge is 0.368 e. The fraction of sp³-hybridized carbons (Fsp3) is 0.889. The number of unbranched alkanes of at least 4 members (excludes halogenated alkanes) is 1. The van der Waals surface area contributed by atoms with Gasteiger partial charge in [-0.25, -0.2) is 0 Å². The SMILES string of the molecule is O=CCCCC1CCCC(O)O1. The van der Waals surface area contributed by atoms with Crippen molar-refractivity contribution in [2.75, 3.05) is 0 Å². The highest BCUT2D eigenvalue weighted by molar-refractivity contribution is 5.48. The molecule has 1 N–H and O–H groups in total. The molecule has 1 rings (SSSR count). The molecule has 0 saturated carbocycles. The van der Waals surface area contributed by atoms with Gasteiger partial charge < -0.3 is 14.6 Å². The predicted octanol–water partition coefficient (Wildman–Crippen LogP) is 1.24. The first-order valence-electron chi connectivity index (χ1n) is 4.60. The van der Waals surface area contributed by atoms with Crippen LogP contribution in [0.3, 0.4) is 0 Å². The first-order valence-corrected chi connectivity index (χ1v) is 4.60. The van der Waals surface area contributed by atoms with Crippen LogP contribution in [-0.2, 0) is 9.53 Å². The van der Waals surface area contributed by atoms with Gasteiger partial charge in [0.1, 0.15) is 6.29 Å². The summed E-state index contributed by atoms with van der Waals surface area (Å²) in [4.78, 5) is 10.0. The van der Waals surface area contributed by atoms with Crippen LogP contribution in [0.2, 0.25) is 0 Å². The molecule has 0 aliphatic carbocycles. The number of ether oxygens (including phenoxy) is 1. The number of carbonyl (C=O) groups is 1. The van der Waals surface area contributed by atoms with E-state index in [2.05, 4.69) is 0 Å². The van der Waals surface area contributed by atoms with E-state index in [0.717, 1.165) is 38.4 Å². The minimum Gasteiger partial charge on any atom is -0.368 e. The third-order valence-corrected chi connectivity index (χ3v) is 2.17. The molecule has 2 unspecified atom stereocenters. The van der Waals surface area contributed by atoms with Gasteiger partial charge >= 0.3 is 0 Å². The molecule has 3 nitrogen and oxygen atoms in total. The summed E-state index contributed by atoms with van der Waals surface area (Å²) in [6, 6.07) is 0. The summed E-state index contributed by atoms with van der Waals surface area (Å²) in [7, 11) is 0. The summed E-state index contributed by atoms with van der Waals surface area (Å²) >= 11 is 0. The Balaban J connectivity index is 2.09. The van der Waals surface area contributed by atoms with E-state index in [9.17, 15) is 4.79 Å². The van der Waals surface area contributed by atoms with E-state index in [1.54, 1.807) is 0 Å². The number of aldehydes is 1. The van der Waals surface area contributed by atoms with Crippen LogP contribution in [-0.4, -0.2) is 23.8 Å². The molecule has 1 aliphatic rings. The Kier molecular flexibility index (Phi) is 4.25. The fourth-order valence-corrected chi connectivity index (χ4v) is 1.52. The van der Waals surface area contributed by atoms with Gasteiger partial charge in [0.2, 0.25) is 0 Å². The number of rotatable bonds is 4. The van der Waals surface area contributed by atoms with Crippen molar-refractivity contribution in [2.45, 2.75) is 50.9 Å². The van der Waals surface area contributed by atoms with E-state index in [0.29, 0.717) is 6.42 Å². The van der Waals surface area contributed by atoms with Crippen molar-refractivity contribution in [3.63, 3.8) is 0 Å². The molecule has 1 saturated heterocycles. The van der Waals surface area contributed by atoms with E-state index >= 15 is 0 Å². The van der Waals surface area contributed by atoms with Crippen molar-refractivity contribution < 1.29 is 14.6 Å². The summed E-state index contributed by atoms with van der Waals surface area (Å²) in [5.41, 5.74) is 0. The van der Waals surface area contributed by atoms with E-state index in [1.165, 1.54) is 0 Å². The molecule has 2 atom stereocenters. The summed E-state index contributed by atoms with van der Waals surface area (Å²) in [6.45, 7) is 0. The summed E-state index contributed by atoms with van der Waals surface area (Å²) in [5.74, 6) is 0. The Bertz CT molecular complexity index is 136. The molecule has 0 radical (unpaired) electrons. The average Bonchev–Trinajstić information content (AvgIpc) is 2.05. The van der Waals surface area contributed by atoms with E-state index in [1.807, 2.05) is 0 Å². The van der Waals surface area contributed by atoms with Crippen molar-refractivity contribution in [3.8, 4) is 0 Å². The Morgan fingerprint density at radius 1 is 1.50 bits per heavy atom. The molecule has 12 heavy (non-hydrogen) atoms. The Labute approximate surface area is 72.7 Å². The van der Waals surface area contributed by atoms with Gasteiger partial charge in [0.15, 0.2) is 6.29 Å². The molecule has 0 aromatic carbocycles. The van der Waals surface area contributed by atoms with Crippen LogP contribution < -0.4 is 0 Å². The lowest BCUT2D eigenvalue weighted by atomic mass is 10.0. The highest BCUT2D eigenvalue weighted by atomic mass is 16.6. The number of carbonyl (C=O) groups excluding carboxylic acids is 1. The molecule has 1 fully saturated rings. The van der Waals surface area contributed by atoms with E-state index in [-0.39, 0.29) is 6.10 Å². The highest BCUT2D eigenvalue weighted by Gasteiger charge is 2.19. The van der Waals surface area contributed by atoms with Gasteiger partial charge in [-0.2, -0.15) is 0 Å². The topological polar surface area (TPSA) is 46.5 Å². The van der Waals surface area contributed by atoms with Gasteiger partial charge in [0.25, 0.3) is 0 Å². The third-order valence-electron chi connectivity index (χ3n) is 2.17. The van der Waals surface area contributed by atoms with Gasteiger partial charge in [-0.3, -0.25) is 0 Å². The maximum Gasteiger partial charge on any atom is 0.154 e. The van der Waals surface area contributed by atoms with Gasteiger partial charge in [-0.15, -0.1) is 0 Å². The third kappa shape index (κ3) is 3.32. The van der Waals surface area contributed by atoms with Gasteiger partial charge in [-0.1, -0.05) is 0 Å². The fourth-order valence-electron chi connectivity index (χ4n) is 1.52. The number of hydrogen-bond acceptors (Lipinski definition) is 3. The van der Waals surface area contributed by atoms with Crippen molar-refractivity contribution in [2.24, 2.45) is 0 Å². The van der Waals surface area contributed by atoms with Crippen molar-refractivity contribution in [3.05, 3.63) is 0 Å². The predicted molar refractivity (Wildman–Crippen MR) is 44.6 cm³/mol. The quantitative estimate of drug-likeness (QED) is 0.512. The molecular weight excluding hydrogens is 156 g/mol. The maximum atomic E-state index is 10.0. The number of hydrogen-bond donors (Lipinski definition) is 1. The van der Waals surface area contributed by atoms with Gasteiger partial charge in [0.05, 0.1) is 6.10 Å². The second kappa shape index (κ2) is 5.27. The molecular formula is C9H16O3. The van der Waals surface area contributed by atoms with Crippen LogP contribution in [0.4, 0.5) is 0 Å².